The Morgan fingerprint density at radius 3 is 1.84 bits per heavy atom. The molecule has 170 valence electrons. The lowest BCUT2D eigenvalue weighted by Gasteiger charge is -2.15. The van der Waals surface area contributed by atoms with Crippen LogP contribution in [0.15, 0.2) is 70.5 Å². The summed E-state index contributed by atoms with van der Waals surface area (Å²) in [4.78, 5) is -0.0702. The number of anilines is 2. The Morgan fingerprint density at radius 1 is 0.656 bits per heavy atom. The molecule has 3 rings (SSSR count). The first-order chi connectivity index (χ1) is 15.1. The molecule has 0 unspecified atom stereocenters. The van der Waals surface area contributed by atoms with Crippen molar-refractivity contribution in [2.45, 2.75) is 23.6 Å². The second-order valence-electron chi connectivity index (χ2n) is 7.05. The standard InChI is InChI=1S/C22H24N2O6S2/c1-15-5-10-19(13-16(15)2)32(27,28)24-21-14-20(11-12-22(21)30-4)31(25,26)23-17-6-8-18(29-3)9-7-17/h5-14,23-24H,1-4H3. The fourth-order valence-electron chi connectivity index (χ4n) is 2.89. The molecule has 0 aliphatic heterocycles. The van der Waals surface area contributed by atoms with Crippen LogP contribution in [0.3, 0.4) is 0 Å². The zero-order valence-corrected chi connectivity index (χ0v) is 19.7. The van der Waals surface area contributed by atoms with Crippen LogP contribution in [0.4, 0.5) is 11.4 Å². The third-order valence-corrected chi connectivity index (χ3v) is 7.60. The number of benzene rings is 3. The minimum atomic E-state index is -3.99. The number of nitrogens with one attached hydrogen (secondary N) is 2. The molecule has 0 aliphatic rings. The predicted molar refractivity (Wildman–Crippen MR) is 124 cm³/mol. The first kappa shape index (κ1) is 23.4. The maximum absolute atomic E-state index is 12.9. The smallest absolute Gasteiger partial charge is 0.262 e. The Morgan fingerprint density at radius 2 is 1.25 bits per heavy atom. The molecule has 2 N–H and O–H groups in total. The van der Waals surface area contributed by atoms with E-state index < -0.39 is 20.0 Å². The van der Waals surface area contributed by atoms with E-state index in [1.807, 2.05) is 13.8 Å². The first-order valence-corrected chi connectivity index (χ1v) is 12.5. The van der Waals surface area contributed by atoms with Gasteiger partial charge in [0.2, 0.25) is 0 Å². The number of sulfonamides is 2. The predicted octanol–water partition coefficient (Wildman–Crippen LogP) is 3.92. The largest absolute Gasteiger partial charge is 0.497 e. The van der Waals surface area contributed by atoms with Crippen LogP contribution in [0.5, 0.6) is 11.5 Å². The third kappa shape index (κ3) is 5.14. The monoisotopic (exact) mass is 476 g/mol. The van der Waals surface area contributed by atoms with Crippen molar-refractivity contribution in [1.29, 1.82) is 0 Å². The molecule has 10 heteroatoms. The van der Waals surface area contributed by atoms with Crippen LogP contribution >= 0.6 is 0 Å². The molecule has 0 heterocycles. The minimum absolute atomic E-state index is 0.00309. The van der Waals surface area contributed by atoms with Gasteiger partial charge in [-0.2, -0.15) is 0 Å². The van der Waals surface area contributed by atoms with Gasteiger partial charge in [-0.1, -0.05) is 6.07 Å². The molecule has 32 heavy (non-hydrogen) atoms. The summed E-state index contributed by atoms with van der Waals surface area (Å²) >= 11 is 0. The number of hydrogen-bond donors (Lipinski definition) is 2. The highest BCUT2D eigenvalue weighted by Gasteiger charge is 2.21. The molecule has 0 saturated heterocycles. The van der Waals surface area contributed by atoms with Gasteiger partial charge in [0.05, 0.1) is 29.7 Å². The second-order valence-corrected chi connectivity index (χ2v) is 10.4. The fraction of sp³-hybridized carbons (Fsp3) is 0.182. The molecular weight excluding hydrogens is 452 g/mol. The van der Waals surface area contributed by atoms with Crippen LogP contribution in [0.1, 0.15) is 11.1 Å². The number of ether oxygens (including phenoxy) is 2. The van der Waals surface area contributed by atoms with Crippen LogP contribution in [-0.2, 0) is 20.0 Å². The molecule has 0 spiro atoms. The van der Waals surface area contributed by atoms with Gasteiger partial charge in [0.25, 0.3) is 20.0 Å². The number of hydrogen-bond acceptors (Lipinski definition) is 6. The van der Waals surface area contributed by atoms with Gasteiger partial charge in [-0.3, -0.25) is 9.44 Å². The lowest BCUT2D eigenvalue weighted by atomic mass is 10.1. The summed E-state index contributed by atoms with van der Waals surface area (Å²) in [5.41, 5.74) is 2.11. The summed E-state index contributed by atoms with van der Waals surface area (Å²) in [5, 5.41) is 0. The number of rotatable bonds is 8. The maximum atomic E-state index is 12.9. The maximum Gasteiger partial charge on any atom is 0.262 e. The molecule has 0 aromatic heterocycles. The van der Waals surface area contributed by atoms with Crippen LogP contribution in [0.2, 0.25) is 0 Å². The highest BCUT2D eigenvalue weighted by Crippen LogP contribution is 2.31. The van der Waals surface area contributed by atoms with Crippen molar-refractivity contribution in [3.05, 3.63) is 71.8 Å². The van der Waals surface area contributed by atoms with Crippen molar-refractivity contribution in [3.8, 4) is 11.5 Å². The van der Waals surface area contributed by atoms with E-state index in [2.05, 4.69) is 9.44 Å². The van der Waals surface area contributed by atoms with Crippen molar-refractivity contribution in [2.75, 3.05) is 23.7 Å². The van der Waals surface area contributed by atoms with Gasteiger partial charge >= 0.3 is 0 Å². The lowest BCUT2D eigenvalue weighted by Crippen LogP contribution is -2.16. The lowest BCUT2D eigenvalue weighted by molar-refractivity contribution is 0.415. The molecular formula is C22H24N2O6S2. The van der Waals surface area contributed by atoms with Gasteiger partial charge in [-0.25, -0.2) is 16.8 Å². The number of aryl methyl sites for hydroxylation is 2. The zero-order chi connectivity index (χ0) is 23.5. The van der Waals surface area contributed by atoms with E-state index >= 15 is 0 Å². The van der Waals surface area contributed by atoms with E-state index in [0.29, 0.717) is 11.4 Å². The van der Waals surface area contributed by atoms with E-state index in [0.717, 1.165) is 11.1 Å². The number of methoxy groups -OCH3 is 2. The molecule has 3 aromatic rings. The fourth-order valence-corrected chi connectivity index (χ4v) is 5.12. The van der Waals surface area contributed by atoms with Crippen LogP contribution < -0.4 is 18.9 Å². The molecule has 0 fully saturated rings. The van der Waals surface area contributed by atoms with Gasteiger partial charge in [0, 0.05) is 5.69 Å². The van der Waals surface area contributed by atoms with Gasteiger partial charge in [-0.05, 0) is 79.6 Å². The molecule has 3 aromatic carbocycles. The highest BCUT2D eigenvalue weighted by molar-refractivity contribution is 7.93. The Kier molecular flexibility index (Phi) is 6.65. The van der Waals surface area contributed by atoms with E-state index in [1.54, 1.807) is 36.4 Å². The summed E-state index contributed by atoms with van der Waals surface area (Å²) in [7, 11) is -5.09. The Bertz CT molecular complexity index is 1340. The summed E-state index contributed by atoms with van der Waals surface area (Å²) in [6.45, 7) is 3.69. The summed E-state index contributed by atoms with van der Waals surface area (Å²) < 4.78 is 66.7. The Hall–Kier alpha value is -3.24. The molecule has 0 aliphatic carbocycles. The first-order valence-electron chi connectivity index (χ1n) is 9.51. The third-order valence-electron chi connectivity index (χ3n) is 4.86. The molecule has 0 radical (unpaired) electrons. The topological polar surface area (TPSA) is 111 Å². The Balaban J connectivity index is 1.94. The van der Waals surface area contributed by atoms with E-state index in [9.17, 15) is 16.8 Å². The zero-order valence-electron chi connectivity index (χ0n) is 18.0. The summed E-state index contributed by atoms with van der Waals surface area (Å²) in [6, 6.07) is 15.0. The molecule has 0 amide bonds. The van der Waals surface area contributed by atoms with Crippen LogP contribution in [0, 0.1) is 13.8 Å². The average Bonchev–Trinajstić information content (AvgIpc) is 2.75. The van der Waals surface area contributed by atoms with E-state index in [1.165, 1.54) is 38.5 Å². The van der Waals surface area contributed by atoms with Crippen molar-refractivity contribution in [1.82, 2.24) is 0 Å². The summed E-state index contributed by atoms with van der Waals surface area (Å²) in [6.07, 6.45) is 0. The van der Waals surface area contributed by atoms with Gasteiger partial charge in [-0.15, -0.1) is 0 Å². The van der Waals surface area contributed by atoms with Gasteiger partial charge in [0.15, 0.2) is 0 Å². The quantitative estimate of drug-likeness (QED) is 0.510. The van der Waals surface area contributed by atoms with E-state index in [-0.39, 0.29) is 21.2 Å². The van der Waals surface area contributed by atoms with Gasteiger partial charge < -0.3 is 9.47 Å². The van der Waals surface area contributed by atoms with Crippen molar-refractivity contribution in [3.63, 3.8) is 0 Å². The molecule has 0 saturated carbocycles. The Labute approximate surface area is 188 Å². The highest BCUT2D eigenvalue weighted by atomic mass is 32.2. The second kappa shape index (κ2) is 9.09. The summed E-state index contributed by atoms with van der Waals surface area (Å²) in [5.74, 6) is 0.765. The molecule has 8 nitrogen and oxygen atoms in total. The van der Waals surface area contributed by atoms with Crippen molar-refractivity contribution >= 4 is 31.4 Å². The van der Waals surface area contributed by atoms with Crippen LogP contribution in [-0.4, -0.2) is 31.1 Å². The normalized spacial score (nSPS) is 11.6. The van der Waals surface area contributed by atoms with E-state index in [4.69, 9.17) is 9.47 Å². The van der Waals surface area contributed by atoms with Crippen LogP contribution in [0.25, 0.3) is 0 Å². The average molecular weight is 477 g/mol. The van der Waals surface area contributed by atoms with Gasteiger partial charge in [0.1, 0.15) is 11.5 Å². The van der Waals surface area contributed by atoms with Crippen molar-refractivity contribution in [2.24, 2.45) is 0 Å². The SMILES string of the molecule is COc1ccc(NS(=O)(=O)c2ccc(OC)c(NS(=O)(=O)c3ccc(C)c(C)c3)c2)cc1. The molecule has 0 atom stereocenters. The minimum Gasteiger partial charge on any atom is -0.497 e. The van der Waals surface area contributed by atoms with Crippen molar-refractivity contribution < 1.29 is 26.3 Å². The molecule has 0 bridgehead atoms.